The lowest BCUT2D eigenvalue weighted by Crippen LogP contribution is -2.00. The first kappa shape index (κ1) is 13.9. The van der Waals surface area contributed by atoms with Crippen LogP contribution in [0.3, 0.4) is 0 Å². The van der Waals surface area contributed by atoms with E-state index in [9.17, 15) is 0 Å². The highest BCUT2D eigenvalue weighted by Crippen LogP contribution is 2.31. The average molecular weight is 276 g/mol. The van der Waals surface area contributed by atoms with Gasteiger partial charge in [0.25, 0.3) is 0 Å². The molecule has 100 valence electrons. The van der Waals surface area contributed by atoms with Crippen LogP contribution < -0.4 is 10.5 Å². The Balaban J connectivity index is 2.31. The van der Waals surface area contributed by atoms with Crippen molar-refractivity contribution < 1.29 is 4.74 Å². The Morgan fingerprint density at radius 1 is 1.16 bits per heavy atom. The van der Waals surface area contributed by atoms with Gasteiger partial charge in [0.05, 0.1) is 0 Å². The van der Waals surface area contributed by atoms with Crippen molar-refractivity contribution in [2.75, 3.05) is 0 Å². The normalized spacial score (nSPS) is 10.8. The molecule has 3 heteroatoms. The molecule has 0 unspecified atom stereocenters. The van der Waals surface area contributed by atoms with E-state index in [0.717, 1.165) is 17.1 Å². The number of halogens is 1. The fourth-order valence-corrected chi connectivity index (χ4v) is 2.14. The third-order valence-electron chi connectivity index (χ3n) is 3.03. The van der Waals surface area contributed by atoms with Gasteiger partial charge in [-0.25, -0.2) is 0 Å². The predicted molar refractivity (Wildman–Crippen MR) is 79.9 cm³/mol. The van der Waals surface area contributed by atoms with Gasteiger partial charge in [-0.3, -0.25) is 0 Å². The van der Waals surface area contributed by atoms with Crippen LogP contribution in [0.25, 0.3) is 0 Å². The minimum atomic E-state index is 0.360. The second-order valence-corrected chi connectivity index (χ2v) is 5.16. The number of rotatable bonds is 4. The van der Waals surface area contributed by atoms with Gasteiger partial charge in [0, 0.05) is 17.1 Å². The standard InChI is InChI=1S/C16H18ClNO/c1-11(2)12-5-3-6-13(9-12)19-16-8-4-7-15(17)14(16)10-18/h3-9,11H,10,18H2,1-2H3. The Labute approximate surface area is 119 Å². The van der Waals surface area contributed by atoms with E-state index in [1.54, 1.807) is 0 Å². The molecule has 0 saturated heterocycles. The number of benzene rings is 2. The first-order valence-electron chi connectivity index (χ1n) is 6.37. The lowest BCUT2D eigenvalue weighted by molar-refractivity contribution is 0.475. The third kappa shape index (κ3) is 3.28. The molecule has 0 saturated carbocycles. The van der Waals surface area contributed by atoms with Crippen LogP contribution in [0.15, 0.2) is 42.5 Å². The van der Waals surface area contributed by atoms with Gasteiger partial charge in [0.2, 0.25) is 0 Å². The molecule has 2 aromatic carbocycles. The molecule has 2 nitrogen and oxygen atoms in total. The van der Waals surface area contributed by atoms with Gasteiger partial charge in [-0.15, -0.1) is 0 Å². The van der Waals surface area contributed by atoms with E-state index in [-0.39, 0.29) is 0 Å². The Kier molecular flexibility index (Phi) is 4.46. The molecule has 0 radical (unpaired) electrons. The van der Waals surface area contributed by atoms with Gasteiger partial charge in [-0.2, -0.15) is 0 Å². The van der Waals surface area contributed by atoms with E-state index in [1.807, 2.05) is 36.4 Å². The zero-order valence-electron chi connectivity index (χ0n) is 11.2. The number of ether oxygens (including phenoxy) is 1. The number of hydrogen-bond donors (Lipinski definition) is 1. The van der Waals surface area contributed by atoms with Gasteiger partial charge < -0.3 is 10.5 Å². The summed E-state index contributed by atoms with van der Waals surface area (Å²) in [6.45, 7) is 4.67. The Hall–Kier alpha value is -1.51. The number of hydrogen-bond acceptors (Lipinski definition) is 2. The zero-order chi connectivity index (χ0) is 13.8. The molecule has 19 heavy (non-hydrogen) atoms. The molecule has 0 spiro atoms. The molecule has 0 bridgehead atoms. The van der Waals surface area contributed by atoms with Crippen LogP contribution >= 0.6 is 11.6 Å². The summed E-state index contributed by atoms with van der Waals surface area (Å²) in [4.78, 5) is 0. The molecule has 0 heterocycles. The van der Waals surface area contributed by atoms with Crippen molar-refractivity contribution in [1.82, 2.24) is 0 Å². The van der Waals surface area contributed by atoms with Gasteiger partial charge in [0.15, 0.2) is 0 Å². The van der Waals surface area contributed by atoms with Crippen molar-refractivity contribution >= 4 is 11.6 Å². The second kappa shape index (κ2) is 6.09. The first-order valence-corrected chi connectivity index (χ1v) is 6.75. The summed E-state index contributed by atoms with van der Waals surface area (Å²) in [7, 11) is 0. The molecule has 0 aliphatic heterocycles. The van der Waals surface area contributed by atoms with E-state index >= 15 is 0 Å². The zero-order valence-corrected chi connectivity index (χ0v) is 11.9. The highest BCUT2D eigenvalue weighted by Gasteiger charge is 2.08. The quantitative estimate of drug-likeness (QED) is 0.877. The van der Waals surface area contributed by atoms with Gasteiger partial charge >= 0.3 is 0 Å². The fraction of sp³-hybridized carbons (Fsp3) is 0.250. The monoisotopic (exact) mass is 275 g/mol. The summed E-state index contributed by atoms with van der Waals surface area (Å²) in [5.41, 5.74) is 7.80. The number of nitrogens with two attached hydrogens (primary N) is 1. The molecule has 2 aromatic rings. The van der Waals surface area contributed by atoms with Gasteiger partial charge in [0.1, 0.15) is 11.5 Å². The lowest BCUT2D eigenvalue weighted by Gasteiger charge is -2.13. The Morgan fingerprint density at radius 3 is 2.58 bits per heavy atom. The maximum Gasteiger partial charge on any atom is 0.133 e. The first-order chi connectivity index (χ1) is 9.11. The summed E-state index contributed by atoms with van der Waals surface area (Å²) >= 11 is 6.12. The van der Waals surface area contributed by atoms with Crippen LogP contribution in [0.2, 0.25) is 5.02 Å². The minimum Gasteiger partial charge on any atom is -0.457 e. The summed E-state index contributed by atoms with van der Waals surface area (Å²) in [6.07, 6.45) is 0. The van der Waals surface area contributed by atoms with E-state index in [1.165, 1.54) is 5.56 Å². The summed E-state index contributed by atoms with van der Waals surface area (Å²) in [6, 6.07) is 13.6. The smallest absolute Gasteiger partial charge is 0.133 e. The largest absolute Gasteiger partial charge is 0.457 e. The predicted octanol–water partition coefficient (Wildman–Crippen LogP) is 4.71. The molecular formula is C16H18ClNO. The van der Waals surface area contributed by atoms with Crippen molar-refractivity contribution in [3.8, 4) is 11.5 Å². The topological polar surface area (TPSA) is 35.2 Å². The molecule has 0 aliphatic rings. The van der Waals surface area contributed by atoms with E-state index in [0.29, 0.717) is 17.5 Å². The van der Waals surface area contributed by atoms with Crippen molar-refractivity contribution in [3.05, 3.63) is 58.6 Å². The summed E-state index contributed by atoms with van der Waals surface area (Å²) in [5.74, 6) is 2.00. The molecule has 0 aliphatic carbocycles. The van der Waals surface area contributed by atoms with Crippen molar-refractivity contribution in [1.29, 1.82) is 0 Å². The SMILES string of the molecule is CC(C)c1cccc(Oc2cccc(Cl)c2CN)c1. The minimum absolute atomic E-state index is 0.360. The highest BCUT2D eigenvalue weighted by atomic mass is 35.5. The van der Waals surface area contributed by atoms with Crippen LogP contribution in [-0.2, 0) is 6.54 Å². The van der Waals surface area contributed by atoms with Crippen molar-refractivity contribution in [2.24, 2.45) is 5.73 Å². The molecule has 0 amide bonds. The van der Waals surface area contributed by atoms with Crippen molar-refractivity contribution in [3.63, 3.8) is 0 Å². The molecule has 2 N–H and O–H groups in total. The molecule has 0 aromatic heterocycles. The molecular weight excluding hydrogens is 258 g/mol. The maximum absolute atomic E-state index is 6.12. The maximum atomic E-state index is 6.12. The highest BCUT2D eigenvalue weighted by molar-refractivity contribution is 6.31. The fourth-order valence-electron chi connectivity index (χ4n) is 1.90. The van der Waals surface area contributed by atoms with Crippen LogP contribution in [0, 0.1) is 0 Å². The van der Waals surface area contributed by atoms with E-state index in [4.69, 9.17) is 22.1 Å². The average Bonchev–Trinajstić information content (AvgIpc) is 2.39. The molecule has 0 fully saturated rings. The van der Waals surface area contributed by atoms with Crippen molar-refractivity contribution in [2.45, 2.75) is 26.3 Å². The lowest BCUT2D eigenvalue weighted by atomic mass is 10.0. The van der Waals surface area contributed by atoms with Crippen LogP contribution in [0.5, 0.6) is 11.5 Å². The van der Waals surface area contributed by atoms with E-state index < -0.39 is 0 Å². The Morgan fingerprint density at radius 2 is 1.89 bits per heavy atom. The molecule has 2 rings (SSSR count). The summed E-state index contributed by atoms with van der Waals surface area (Å²) < 4.78 is 5.91. The summed E-state index contributed by atoms with van der Waals surface area (Å²) in [5, 5.41) is 0.639. The van der Waals surface area contributed by atoms with E-state index in [2.05, 4.69) is 19.9 Å². The van der Waals surface area contributed by atoms with Gasteiger partial charge in [-0.05, 0) is 35.7 Å². The Bertz CT molecular complexity index is 566. The van der Waals surface area contributed by atoms with Crippen LogP contribution in [0.4, 0.5) is 0 Å². The van der Waals surface area contributed by atoms with Crippen LogP contribution in [0.1, 0.15) is 30.9 Å². The molecule has 0 atom stereocenters. The second-order valence-electron chi connectivity index (χ2n) is 4.75. The third-order valence-corrected chi connectivity index (χ3v) is 3.39. The van der Waals surface area contributed by atoms with Gasteiger partial charge in [-0.1, -0.05) is 43.6 Å². The van der Waals surface area contributed by atoms with Crippen LogP contribution in [-0.4, -0.2) is 0 Å².